The topological polar surface area (TPSA) is 61.5 Å². The van der Waals surface area contributed by atoms with Crippen LogP contribution in [0.3, 0.4) is 0 Å². The fraction of sp³-hybridized carbons (Fsp3) is 0.500. The van der Waals surface area contributed by atoms with Gasteiger partial charge in [0.1, 0.15) is 5.82 Å². The largest absolute Gasteiger partial charge is 0.395 e. The summed E-state index contributed by atoms with van der Waals surface area (Å²) in [7, 11) is 1.98. The zero-order chi connectivity index (χ0) is 17.0. The van der Waals surface area contributed by atoms with Crippen molar-refractivity contribution in [3.8, 4) is 0 Å². The predicted molar refractivity (Wildman–Crippen MR) is 91.0 cm³/mol. The Morgan fingerprint density at radius 3 is 2.35 bits per heavy atom. The summed E-state index contributed by atoms with van der Waals surface area (Å²) in [6, 6.07) is 2.13. The zero-order valence-corrected chi connectivity index (χ0v) is 14.5. The van der Waals surface area contributed by atoms with Crippen molar-refractivity contribution in [1.82, 2.24) is 14.5 Å². The lowest BCUT2D eigenvalue weighted by Gasteiger charge is -2.25. The molecule has 2 N–H and O–H groups in total. The van der Waals surface area contributed by atoms with Crippen LogP contribution in [0.5, 0.6) is 0 Å². The number of aryl methyl sites for hydroxylation is 3. The molecule has 0 spiro atoms. The summed E-state index contributed by atoms with van der Waals surface area (Å²) in [6.45, 7) is 8.39. The van der Waals surface area contributed by atoms with Gasteiger partial charge in [-0.15, -0.1) is 0 Å². The normalized spacial score (nSPS) is 11.4. The van der Waals surface area contributed by atoms with Crippen molar-refractivity contribution in [3.63, 3.8) is 0 Å². The minimum absolute atomic E-state index is 0.0598. The molecule has 126 valence electrons. The molecule has 0 aliphatic heterocycles. The Morgan fingerprint density at radius 1 is 1.09 bits per heavy atom. The van der Waals surface area contributed by atoms with Crippen molar-refractivity contribution in [2.24, 2.45) is 7.05 Å². The van der Waals surface area contributed by atoms with Gasteiger partial charge in [0, 0.05) is 32.5 Å². The van der Waals surface area contributed by atoms with Crippen molar-refractivity contribution < 1.29 is 10.2 Å². The van der Waals surface area contributed by atoms with Crippen LogP contribution in [0.4, 0.5) is 0 Å². The van der Waals surface area contributed by atoms with E-state index in [0.717, 1.165) is 29.1 Å². The van der Waals surface area contributed by atoms with Gasteiger partial charge in [-0.2, -0.15) is 0 Å². The number of aliphatic hydroxyl groups is 2. The third-order valence-electron chi connectivity index (χ3n) is 4.53. The van der Waals surface area contributed by atoms with Crippen LogP contribution in [0, 0.1) is 20.8 Å². The second kappa shape index (κ2) is 7.73. The highest BCUT2D eigenvalue weighted by Gasteiger charge is 2.15. The molecular formula is C18H27N3O2. The number of hydrogen-bond donors (Lipinski definition) is 2. The number of benzene rings is 1. The Kier molecular flexibility index (Phi) is 5.93. The first-order chi connectivity index (χ1) is 11.0. The van der Waals surface area contributed by atoms with E-state index < -0.39 is 0 Å². The van der Waals surface area contributed by atoms with E-state index in [1.807, 2.05) is 24.7 Å². The number of aliphatic hydroxyl groups excluding tert-OH is 2. The SMILES string of the molecule is Cc1cc(C)c(CN(CCO)Cc2nccn2C)c(C)c1CO. The fourth-order valence-electron chi connectivity index (χ4n) is 3.09. The Hall–Kier alpha value is -1.69. The van der Waals surface area contributed by atoms with Gasteiger partial charge < -0.3 is 14.8 Å². The van der Waals surface area contributed by atoms with Crippen LogP contribution >= 0.6 is 0 Å². The zero-order valence-electron chi connectivity index (χ0n) is 14.5. The number of imidazole rings is 1. The number of nitrogens with zero attached hydrogens (tertiary/aromatic N) is 3. The van der Waals surface area contributed by atoms with E-state index in [1.54, 1.807) is 6.20 Å². The molecule has 0 saturated heterocycles. The maximum Gasteiger partial charge on any atom is 0.122 e. The van der Waals surface area contributed by atoms with Crippen LogP contribution in [-0.4, -0.2) is 37.8 Å². The lowest BCUT2D eigenvalue weighted by molar-refractivity contribution is 0.179. The smallest absolute Gasteiger partial charge is 0.122 e. The average molecular weight is 317 g/mol. The lowest BCUT2D eigenvalue weighted by Crippen LogP contribution is -2.28. The van der Waals surface area contributed by atoms with Crippen molar-refractivity contribution in [3.05, 3.63) is 52.1 Å². The average Bonchev–Trinajstić information content (AvgIpc) is 2.89. The first kappa shape index (κ1) is 17.7. The molecule has 2 rings (SSSR count). The lowest BCUT2D eigenvalue weighted by atomic mass is 9.93. The predicted octanol–water partition coefficient (Wildman–Crippen LogP) is 1.83. The van der Waals surface area contributed by atoms with Crippen molar-refractivity contribution in [2.45, 2.75) is 40.5 Å². The summed E-state index contributed by atoms with van der Waals surface area (Å²) in [5, 5.41) is 19.0. The maximum absolute atomic E-state index is 9.63. The van der Waals surface area contributed by atoms with Crippen LogP contribution in [0.2, 0.25) is 0 Å². The molecule has 0 aliphatic carbocycles. The van der Waals surface area contributed by atoms with Gasteiger partial charge in [-0.25, -0.2) is 4.98 Å². The van der Waals surface area contributed by atoms with E-state index in [0.29, 0.717) is 13.1 Å². The van der Waals surface area contributed by atoms with E-state index in [-0.39, 0.29) is 13.2 Å². The Labute approximate surface area is 138 Å². The molecule has 5 heteroatoms. The van der Waals surface area contributed by atoms with Gasteiger partial charge in [-0.05, 0) is 48.6 Å². The standard InChI is InChI=1S/C18H27N3O2/c1-13-9-14(2)17(12-23)15(3)16(13)10-21(7-8-22)11-18-19-5-6-20(18)4/h5-6,9,22-23H,7-8,10-12H2,1-4H3. The van der Waals surface area contributed by atoms with Crippen LogP contribution < -0.4 is 0 Å². The van der Waals surface area contributed by atoms with E-state index in [9.17, 15) is 10.2 Å². The molecule has 0 fully saturated rings. The molecule has 0 saturated carbocycles. The molecule has 1 aromatic carbocycles. The van der Waals surface area contributed by atoms with Crippen LogP contribution in [0.25, 0.3) is 0 Å². The fourth-order valence-corrected chi connectivity index (χ4v) is 3.09. The van der Waals surface area contributed by atoms with Gasteiger partial charge in [-0.3, -0.25) is 4.90 Å². The van der Waals surface area contributed by atoms with Crippen molar-refractivity contribution >= 4 is 0 Å². The van der Waals surface area contributed by atoms with E-state index >= 15 is 0 Å². The molecule has 0 atom stereocenters. The number of hydrogen-bond acceptors (Lipinski definition) is 4. The third kappa shape index (κ3) is 3.99. The first-order valence-corrected chi connectivity index (χ1v) is 7.96. The van der Waals surface area contributed by atoms with E-state index in [2.05, 4.69) is 29.8 Å². The molecule has 0 amide bonds. The van der Waals surface area contributed by atoms with E-state index in [4.69, 9.17) is 0 Å². The monoisotopic (exact) mass is 317 g/mol. The highest BCUT2D eigenvalue weighted by Crippen LogP contribution is 2.24. The van der Waals surface area contributed by atoms with Crippen LogP contribution in [-0.2, 0) is 26.7 Å². The number of aromatic nitrogens is 2. The van der Waals surface area contributed by atoms with Gasteiger partial charge in [0.15, 0.2) is 0 Å². The maximum atomic E-state index is 9.63. The quantitative estimate of drug-likeness (QED) is 0.818. The summed E-state index contributed by atoms with van der Waals surface area (Å²) in [5.74, 6) is 0.975. The van der Waals surface area contributed by atoms with Gasteiger partial charge in [0.2, 0.25) is 0 Å². The molecule has 0 radical (unpaired) electrons. The summed E-state index contributed by atoms with van der Waals surface area (Å²) < 4.78 is 2.00. The van der Waals surface area contributed by atoms with Crippen molar-refractivity contribution in [1.29, 1.82) is 0 Å². The van der Waals surface area contributed by atoms with Gasteiger partial charge >= 0.3 is 0 Å². The third-order valence-corrected chi connectivity index (χ3v) is 4.53. The summed E-state index contributed by atoms with van der Waals surface area (Å²) in [6.07, 6.45) is 3.72. The summed E-state index contributed by atoms with van der Waals surface area (Å²) >= 11 is 0. The molecule has 0 aliphatic rings. The Morgan fingerprint density at radius 2 is 1.78 bits per heavy atom. The molecule has 1 aromatic heterocycles. The number of rotatable bonds is 7. The van der Waals surface area contributed by atoms with E-state index in [1.165, 1.54) is 11.1 Å². The highest BCUT2D eigenvalue weighted by molar-refractivity contribution is 5.44. The summed E-state index contributed by atoms with van der Waals surface area (Å²) in [4.78, 5) is 6.56. The second-order valence-electron chi connectivity index (χ2n) is 6.14. The Bertz CT molecular complexity index is 665. The minimum Gasteiger partial charge on any atom is -0.395 e. The molecule has 0 bridgehead atoms. The molecule has 2 aromatic rings. The minimum atomic E-state index is 0.0598. The molecular weight excluding hydrogens is 290 g/mol. The molecule has 0 unspecified atom stereocenters. The Balaban J connectivity index is 2.28. The van der Waals surface area contributed by atoms with Crippen molar-refractivity contribution in [2.75, 3.05) is 13.2 Å². The molecule has 5 nitrogen and oxygen atoms in total. The first-order valence-electron chi connectivity index (χ1n) is 7.96. The molecule has 1 heterocycles. The summed E-state index contributed by atoms with van der Waals surface area (Å²) in [5.41, 5.74) is 5.73. The van der Waals surface area contributed by atoms with Gasteiger partial charge in [-0.1, -0.05) is 6.07 Å². The van der Waals surface area contributed by atoms with Crippen LogP contribution in [0.15, 0.2) is 18.5 Å². The highest BCUT2D eigenvalue weighted by atomic mass is 16.3. The second-order valence-corrected chi connectivity index (χ2v) is 6.14. The van der Waals surface area contributed by atoms with Gasteiger partial charge in [0.05, 0.1) is 19.8 Å². The molecule has 23 heavy (non-hydrogen) atoms. The van der Waals surface area contributed by atoms with Crippen LogP contribution in [0.1, 0.15) is 33.6 Å². The van der Waals surface area contributed by atoms with Gasteiger partial charge in [0.25, 0.3) is 0 Å².